The van der Waals surface area contributed by atoms with Crippen LogP contribution < -0.4 is 0 Å². The lowest BCUT2D eigenvalue weighted by Gasteiger charge is -2.32. The zero-order valence-corrected chi connectivity index (χ0v) is 14.7. The van der Waals surface area contributed by atoms with Gasteiger partial charge in [0.1, 0.15) is 5.52 Å². The molecule has 1 aromatic heterocycles. The second-order valence-corrected chi connectivity index (χ2v) is 7.23. The van der Waals surface area contributed by atoms with Crippen molar-refractivity contribution in [1.29, 1.82) is 0 Å². The molecule has 4 rings (SSSR count). The van der Waals surface area contributed by atoms with Gasteiger partial charge in [-0.3, -0.25) is 4.79 Å². The summed E-state index contributed by atoms with van der Waals surface area (Å²) >= 11 is 1.38. The molecule has 2 aromatic carbocycles. The summed E-state index contributed by atoms with van der Waals surface area (Å²) < 4.78 is 5.66. The average molecular weight is 352 g/mol. The van der Waals surface area contributed by atoms with E-state index in [1.807, 2.05) is 35.2 Å². The van der Waals surface area contributed by atoms with Crippen molar-refractivity contribution in [2.75, 3.05) is 18.8 Å². The summed E-state index contributed by atoms with van der Waals surface area (Å²) in [5, 5.41) is 0.564. The van der Waals surface area contributed by atoms with Crippen LogP contribution in [0, 0.1) is 0 Å². The largest absolute Gasteiger partial charge is 0.431 e. The first-order chi connectivity index (χ1) is 12.3. The first-order valence-electron chi connectivity index (χ1n) is 8.61. The molecule has 0 radical (unpaired) electrons. The van der Waals surface area contributed by atoms with E-state index >= 15 is 0 Å². The quantitative estimate of drug-likeness (QED) is 0.656. The van der Waals surface area contributed by atoms with Crippen molar-refractivity contribution in [3.05, 3.63) is 60.2 Å². The van der Waals surface area contributed by atoms with Crippen LogP contribution in [0.3, 0.4) is 0 Å². The third kappa shape index (κ3) is 3.71. The van der Waals surface area contributed by atoms with Gasteiger partial charge >= 0.3 is 0 Å². The van der Waals surface area contributed by atoms with Gasteiger partial charge in [0.05, 0.1) is 5.75 Å². The van der Waals surface area contributed by atoms with Gasteiger partial charge in [-0.2, -0.15) is 0 Å². The number of aromatic nitrogens is 1. The number of piperidine rings is 1. The van der Waals surface area contributed by atoms with Crippen LogP contribution in [0.1, 0.15) is 24.3 Å². The number of thioether (sulfide) groups is 1. The number of oxazole rings is 1. The number of rotatable bonds is 4. The summed E-state index contributed by atoms with van der Waals surface area (Å²) in [6, 6.07) is 18.3. The first-order valence-corrected chi connectivity index (χ1v) is 9.59. The van der Waals surface area contributed by atoms with E-state index in [0.29, 0.717) is 16.9 Å². The van der Waals surface area contributed by atoms with E-state index in [1.54, 1.807) is 0 Å². The summed E-state index contributed by atoms with van der Waals surface area (Å²) in [5.74, 6) is 1.11. The van der Waals surface area contributed by atoms with Gasteiger partial charge < -0.3 is 9.32 Å². The van der Waals surface area contributed by atoms with E-state index in [1.165, 1.54) is 17.3 Å². The van der Waals surface area contributed by atoms with Crippen molar-refractivity contribution >= 4 is 28.8 Å². The van der Waals surface area contributed by atoms with E-state index in [9.17, 15) is 4.79 Å². The molecule has 2 heterocycles. The Morgan fingerprint density at radius 2 is 1.80 bits per heavy atom. The number of nitrogens with zero attached hydrogens (tertiary/aromatic N) is 2. The molecule has 1 saturated heterocycles. The Balaban J connectivity index is 1.30. The van der Waals surface area contributed by atoms with Gasteiger partial charge in [-0.05, 0) is 36.5 Å². The second kappa shape index (κ2) is 7.31. The van der Waals surface area contributed by atoms with Crippen LogP contribution in [0.5, 0.6) is 0 Å². The Morgan fingerprint density at radius 1 is 1.08 bits per heavy atom. The van der Waals surface area contributed by atoms with Gasteiger partial charge in [-0.15, -0.1) is 0 Å². The minimum Gasteiger partial charge on any atom is -0.431 e. The van der Waals surface area contributed by atoms with Gasteiger partial charge in [0, 0.05) is 13.1 Å². The Labute approximate surface area is 151 Å². The number of fused-ring (bicyclic) bond motifs is 1. The molecule has 0 bridgehead atoms. The molecule has 3 aromatic rings. The number of benzene rings is 2. The fourth-order valence-electron chi connectivity index (χ4n) is 3.31. The molecule has 25 heavy (non-hydrogen) atoms. The lowest BCUT2D eigenvalue weighted by Crippen LogP contribution is -2.38. The maximum absolute atomic E-state index is 12.5. The Bertz CT molecular complexity index is 821. The molecule has 1 fully saturated rings. The summed E-state index contributed by atoms with van der Waals surface area (Å²) in [5.41, 5.74) is 2.98. The van der Waals surface area contributed by atoms with Crippen molar-refractivity contribution in [3.8, 4) is 0 Å². The van der Waals surface area contributed by atoms with Gasteiger partial charge in [-0.1, -0.05) is 54.2 Å². The minimum atomic E-state index is 0.166. The fraction of sp³-hybridized carbons (Fsp3) is 0.300. The Hall–Kier alpha value is -2.27. The fourth-order valence-corrected chi connectivity index (χ4v) is 4.06. The monoisotopic (exact) mass is 352 g/mol. The molecule has 1 amide bonds. The highest BCUT2D eigenvalue weighted by Crippen LogP contribution is 2.29. The van der Waals surface area contributed by atoms with Gasteiger partial charge in [0.15, 0.2) is 5.58 Å². The molecule has 0 atom stereocenters. The molecule has 1 aliphatic rings. The smallest absolute Gasteiger partial charge is 0.257 e. The maximum Gasteiger partial charge on any atom is 0.257 e. The highest BCUT2D eigenvalue weighted by Gasteiger charge is 2.24. The molecular weight excluding hydrogens is 332 g/mol. The maximum atomic E-state index is 12.5. The SMILES string of the molecule is O=C(CSc1nc2ccccc2o1)N1CCC(c2ccccc2)CC1. The summed E-state index contributed by atoms with van der Waals surface area (Å²) in [4.78, 5) is 18.8. The van der Waals surface area contributed by atoms with Crippen LogP contribution >= 0.6 is 11.8 Å². The van der Waals surface area contributed by atoms with E-state index in [4.69, 9.17) is 4.42 Å². The predicted molar refractivity (Wildman–Crippen MR) is 99.7 cm³/mol. The molecule has 1 aliphatic heterocycles. The highest BCUT2D eigenvalue weighted by atomic mass is 32.2. The third-order valence-corrected chi connectivity index (χ3v) is 5.52. The molecule has 0 aliphatic carbocycles. The lowest BCUT2D eigenvalue weighted by atomic mass is 9.89. The van der Waals surface area contributed by atoms with E-state index in [-0.39, 0.29) is 5.91 Å². The normalized spacial score (nSPS) is 15.6. The van der Waals surface area contributed by atoms with Crippen molar-refractivity contribution in [3.63, 3.8) is 0 Å². The predicted octanol–water partition coefficient (Wildman–Crippen LogP) is 4.33. The van der Waals surface area contributed by atoms with Crippen LogP contribution in [-0.4, -0.2) is 34.6 Å². The van der Waals surface area contributed by atoms with E-state index in [0.717, 1.165) is 37.0 Å². The Morgan fingerprint density at radius 3 is 2.56 bits per heavy atom. The number of likely N-dealkylation sites (tertiary alicyclic amines) is 1. The minimum absolute atomic E-state index is 0.166. The topological polar surface area (TPSA) is 46.3 Å². The summed E-state index contributed by atoms with van der Waals surface area (Å²) in [6.07, 6.45) is 2.06. The second-order valence-electron chi connectivity index (χ2n) is 6.30. The van der Waals surface area contributed by atoms with Crippen LogP contribution in [-0.2, 0) is 4.79 Å². The summed E-state index contributed by atoms with van der Waals surface area (Å²) in [7, 11) is 0. The van der Waals surface area contributed by atoms with E-state index in [2.05, 4.69) is 29.2 Å². The number of carbonyl (C=O) groups excluding carboxylic acids is 1. The lowest BCUT2D eigenvalue weighted by molar-refractivity contribution is -0.129. The molecule has 0 saturated carbocycles. The zero-order valence-electron chi connectivity index (χ0n) is 13.9. The summed E-state index contributed by atoms with van der Waals surface area (Å²) in [6.45, 7) is 1.65. The molecule has 0 N–H and O–H groups in total. The van der Waals surface area contributed by atoms with Crippen LogP contribution in [0.25, 0.3) is 11.1 Å². The van der Waals surface area contributed by atoms with Crippen LogP contribution in [0.15, 0.2) is 64.2 Å². The molecule has 0 spiro atoms. The molecule has 0 unspecified atom stereocenters. The number of hydrogen-bond acceptors (Lipinski definition) is 4. The molecule has 128 valence electrons. The van der Waals surface area contributed by atoms with E-state index < -0.39 is 0 Å². The van der Waals surface area contributed by atoms with Crippen molar-refractivity contribution < 1.29 is 9.21 Å². The number of hydrogen-bond donors (Lipinski definition) is 0. The standard InChI is InChI=1S/C20H20N2O2S/c23-19(14-25-20-21-17-8-4-5-9-18(17)24-20)22-12-10-16(11-13-22)15-6-2-1-3-7-15/h1-9,16H,10-14H2. The van der Waals surface area contributed by atoms with Crippen LogP contribution in [0.2, 0.25) is 0 Å². The average Bonchev–Trinajstić information content (AvgIpc) is 3.10. The number of para-hydroxylation sites is 2. The van der Waals surface area contributed by atoms with Crippen LogP contribution in [0.4, 0.5) is 0 Å². The first kappa shape index (κ1) is 16.2. The van der Waals surface area contributed by atoms with Gasteiger partial charge in [-0.25, -0.2) is 4.98 Å². The Kier molecular flexibility index (Phi) is 4.74. The molecule has 5 heteroatoms. The third-order valence-electron chi connectivity index (χ3n) is 4.71. The van der Waals surface area contributed by atoms with Crippen molar-refractivity contribution in [1.82, 2.24) is 9.88 Å². The number of carbonyl (C=O) groups is 1. The number of amides is 1. The molecule has 4 nitrogen and oxygen atoms in total. The van der Waals surface area contributed by atoms with Crippen molar-refractivity contribution in [2.45, 2.75) is 24.0 Å². The van der Waals surface area contributed by atoms with Gasteiger partial charge in [0.25, 0.3) is 5.22 Å². The zero-order chi connectivity index (χ0) is 17.1. The highest BCUT2D eigenvalue weighted by molar-refractivity contribution is 7.99. The van der Waals surface area contributed by atoms with Crippen molar-refractivity contribution in [2.24, 2.45) is 0 Å². The molecular formula is C20H20N2O2S. The van der Waals surface area contributed by atoms with Gasteiger partial charge in [0.2, 0.25) is 5.91 Å².